The van der Waals surface area contributed by atoms with Crippen molar-refractivity contribution in [3.63, 3.8) is 0 Å². The largest absolute Gasteiger partial charge is 0.373 e. The molecule has 1 aromatic carbocycles. The molecule has 0 saturated carbocycles. The Morgan fingerprint density at radius 3 is 2.76 bits per heavy atom. The van der Waals surface area contributed by atoms with Crippen LogP contribution in [0.1, 0.15) is 16.1 Å². The lowest BCUT2D eigenvalue weighted by Gasteiger charge is -2.37. The van der Waals surface area contributed by atoms with Crippen molar-refractivity contribution in [1.29, 1.82) is 0 Å². The van der Waals surface area contributed by atoms with E-state index in [-0.39, 0.29) is 12.0 Å². The lowest BCUT2D eigenvalue weighted by Crippen LogP contribution is -2.51. The molecule has 1 amide bonds. The number of carbonyl (C=O) groups excluding carboxylic acids is 1. The number of nitrogens with one attached hydrogen (secondary N) is 1. The fourth-order valence-corrected chi connectivity index (χ4v) is 3.08. The van der Waals surface area contributed by atoms with Gasteiger partial charge in [0.25, 0.3) is 5.91 Å². The summed E-state index contributed by atoms with van der Waals surface area (Å²) >= 11 is 5.93. The smallest absolute Gasteiger partial charge is 0.271 e. The number of hydrogen-bond donors (Lipinski definition) is 1. The van der Waals surface area contributed by atoms with E-state index in [1.807, 2.05) is 19.2 Å². The monoisotopic (exact) mass is 362 g/mol. The van der Waals surface area contributed by atoms with Crippen molar-refractivity contribution in [2.24, 2.45) is 7.05 Å². The van der Waals surface area contributed by atoms with E-state index < -0.39 is 0 Å². The van der Waals surface area contributed by atoms with Crippen LogP contribution in [-0.2, 0) is 18.2 Å². The lowest BCUT2D eigenvalue weighted by molar-refractivity contribution is -0.0510. The van der Waals surface area contributed by atoms with Gasteiger partial charge in [0.1, 0.15) is 5.69 Å². The molecule has 0 unspecified atom stereocenters. The van der Waals surface area contributed by atoms with Gasteiger partial charge in [0, 0.05) is 37.4 Å². The van der Waals surface area contributed by atoms with E-state index in [9.17, 15) is 4.79 Å². The molecule has 25 heavy (non-hydrogen) atoms. The van der Waals surface area contributed by atoms with Gasteiger partial charge in [-0.15, -0.1) is 0 Å². The Bertz CT molecular complexity index is 716. The molecule has 0 aliphatic carbocycles. The van der Waals surface area contributed by atoms with Crippen LogP contribution in [0.25, 0.3) is 0 Å². The molecule has 1 fully saturated rings. The molecule has 134 valence electrons. The number of imidazole rings is 1. The van der Waals surface area contributed by atoms with E-state index in [2.05, 4.69) is 34.4 Å². The molecule has 1 N–H and O–H groups in total. The third-order valence-electron chi connectivity index (χ3n) is 4.45. The van der Waals surface area contributed by atoms with Crippen molar-refractivity contribution >= 4 is 17.5 Å². The summed E-state index contributed by atoms with van der Waals surface area (Å²) in [6, 6.07) is 8.25. The zero-order chi connectivity index (χ0) is 17.8. The van der Waals surface area contributed by atoms with E-state index in [1.165, 1.54) is 5.56 Å². The first-order valence-corrected chi connectivity index (χ1v) is 8.71. The minimum atomic E-state index is -0.171. The van der Waals surface area contributed by atoms with Gasteiger partial charge in [-0.1, -0.05) is 23.7 Å². The molecule has 1 aromatic heterocycles. The third kappa shape index (κ3) is 4.81. The highest BCUT2D eigenvalue weighted by Gasteiger charge is 2.26. The predicted octanol–water partition coefficient (Wildman–Crippen LogP) is 1.75. The zero-order valence-corrected chi connectivity index (χ0v) is 15.2. The van der Waals surface area contributed by atoms with Crippen LogP contribution >= 0.6 is 11.6 Å². The number of ether oxygens (including phenoxy) is 1. The molecule has 1 aliphatic rings. The van der Waals surface area contributed by atoms with Gasteiger partial charge >= 0.3 is 0 Å². The molecule has 1 aliphatic heterocycles. The first-order chi connectivity index (χ1) is 12.0. The van der Waals surface area contributed by atoms with Crippen LogP contribution in [0.4, 0.5) is 0 Å². The van der Waals surface area contributed by atoms with Crippen molar-refractivity contribution in [2.45, 2.75) is 18.6 Å². The average molecular weight is 363 g/mol. The zero-order valence-electron chi connectivity index (χ0n) is 14.5. The van der Waals surface area contributed by atoms with E-state index in [0.29, 0.717) is 24.9 Å². The first kappa shape index (κ1) is 17.9. The van der Waals surface area contributed by atoms with E-state index >= 15 is 0 Å². The number of aromatic nitrogens is 2. The number of nitrogens with zero attached hydrogens (tertiary/aromatic N) is 3. The SMILES string of the molecule is CN1C[C@H](CNC(=O)c2cn(C)cn2)OC[C@@H]1Cc1ccc(Cl)cc1. The molecule has 0 bridgehead atoms. The maximum Gasteiger partial charge on any atom is 0.271 e. The molecule has 2 heterocycles. The highest BCUT2D eigenvalue weighted by Crippen LogP contribution is 2.16. The van der Waals surface area contributed by atoms with Crippen molar-refractivity contribution in [2.75, 3.05) is 26.7 Å². The summed E-state index contributed by atoms with van der Waals surface area (Å²) in [5.74, 6) is -0.171. The molecule has 0 spiro atoms. The van der Waals surface area contributed by atoms with Gasteiger partial charge < -0.3 is 14.6 Å². The van der Waals surface area contributed by atoms with Gasteiger partial charge in [-0.3, -0.25) is 9.69 Å². The van der Waals surface area contributed by atoms with Crippen LogP contribution in [0.3, 0.4) is 0 Å². The van der Waals surface area contributed by atoms with Crippen molar-refractivity contribution in [3.8, 4) is 0 Å². The number of likely N-dealkylation sites (N-methyl/N-ethyl adjacent to an activating group) is 1. The molecule has 1 saturated heterocycles. The number of carbonyl (C=O) groups is 1. The fourth-order valence-electron chi connectivity index (χ4n) is 2.96. The lowest BCUT2D eigenvalue weighted by atomic mass is 10.0. The molecule has 6 nitrogen and oxygen atoms in total. The molecule has 7 heteroatoms. The van der Waals surface area contributed by atoms with E-state index in [4.69, 9.17) is 16.3 Å². The predicted molar refractivity (Wildman–Crippen MR) is 96.9 cm³/mol. The van der Waals surface area contributed by atoms with Crippen LogP contribution in [0.5, 0.6) is 0 Å². The van der Waals surface area contributed by atoms with Crippen molar-refractivity contribution in [3.05, 3.63) is 53.1 Å². The second-order valence-corrected chi connectivity index (χ2v) is 6.95. The summed E-state index contributed by atoms with van der Waals surface area (Å²) < 4.78 is 7.69. The highest BCUT2D eigenvalue weighted by molar-refractivity contribution is 6.30. The Balaban J connectivity index is 1.46. The van der Waals surface area contributed by atoms with Crippen LogP contribution in [-0.4, -0.2) is 59.2 Å². The number of amides is 1. The molecular formula is C18H23ClN4O2. The summed E-state index contributed by atoms with van der Waals surface area (Å²) in [6.45, 7) is 1.90. The number of halogens is 1. The summed E-state index contributed by atoms with van der Waals surface area (Å²) in [5.41, 5.74) is 1.67. The minimum absolute atomic E-state index is 0.0147. The van der Waals surface area contributed by atoms with E-state index in [1.54, 1.807) is 17.1 Å². The summed E-state index contributed by atoms with van der Waals surface area (Å²) in [5, 5.41) is 3.64. The number of benzene rings is 1. The van der Waals surface area contributed by atoms with Crippen LogP contribution < -0.4 is 5.32 Å². The van der Waals surface area contributed by atoms with Crippen molar-refractivity contribution in [1.82, 2.24) is 19.8 Å². The molecule has 3 rings (SSSR count). The molecule has 2 atom stereocenters. The minimum Gasteiger partial charge on any atom is -0.373 e. The quantitative estimate of drug-likeness (QED) is 0.880. The maximum atomic E-state index is 12.0. The van der Waals surface area contributed by atoms with Crippen LogP contribution in [0.2, 0.25) is 5.02 Å². The van der Waals surface area contributed by atoms with Gasteiger partial charge in [-0.25, -0.2) is 4.98 Å². The summed E-state index contributed by atoms with van der Waals surface area (Å²) in [6.07, 6.45) is 4.21. The van der Waals surface area contributed by atoms with Crippen molar-refractivity contribution < 1.29 is 9.53 Å². The van der Waals surface area contributed by atoms with E-state index in [0.717, 1.165) is 18.0 Å². The number of hydrogen-bond acceptors (Lipinski definition) is 4. The average Bonchev–Trinajstić information content (AvgIpc) is 3.03. The second-order valence-electron chi connectivity index (χ2n) is 6.51. The standard InChI is InChI=1S/C18H23ClN4O2/c1-22-10-17(21-12-22)18(24)20-8-16-9-23(2)15(11-25-16)7-13-3-5-14(19)6-4-13/h3-6,10,12,15-16H,7-9,11H2,1-2H3,(H,20,24)/t15-,16-/m0/s1. The topological polar surface area (TPSA) is 59.4 Å². The fraction of sp³-hybridized carbons (Fsp3) is 0.444. The second kappa shape index (κ2) is 7.99. The molecule has 2 aromatic rings. The third-order valence-corrected chi connectivity index (χ3v) is 4.70. The van der Waals surface area contributed by atoms with Gasteiger partial charge in [0.2, 0.25) is 0 Å². The van der Waals surface area contributed by atoms with Gasteiger partial charge in [0.15, 0.2) is 0 Å². The normalized spacial score (nSPS) is 21.2. The number of rotatable bonds is 5. The number of morpholine rings is 1. The Hall–Kier alpha value is -1.89. The molecule has 0 radical (unpaired) electrons. The van der Waals surface area contributed by atoms with Gasteiger partial charge in [0.05, 0.1) is 19.0 Å². The number of aryl methyl sites for hydroxylation is 1. The Labute approximate surface area is 152 Å². The Kier molecular flexibility index (Phi) is 5.73. The van der Waals surface area contributed by atoms with Crippen LogP contribution in [0, 0.1) is 0 Å². The Morgan fingerprint density at radius 2 is 2.12 bits per heavy atom. The van der Waals surface area contributed by atoms with Gasteiger partial charge in [-0.05, 0) is 31.2 Å². The van der Waals surface area contributed by atoms with Crippen LogP contribution in [0.15, 0.2) is 36.8 Å². The summed E-state index contributed by atoms with van der Waals surface area (Å²) in [4.78, 5) is 18.4. The highest BCUT2D eigenvalue weighted by atomic mass is 35.5. The maximum absolute atomic E-state index is 12.0. The first-order valence-electron chi connectivity index (χ1n) is 8.33. The summed E-state index contributed by atoms with van der Waals surface area (Å²) in [7, 11) is 3.93. The Morgan fingerprint density at radius 1 is 1.36 bits per heavy atom. The van der Waals surface area contributed by atoms with Gasteiger partial charge in [-0.2, -0.15) is 0 Å². The molecular weight excluding hydrogens is 340 g/mol.